The second-order valence-corrected chi connectivity index (χ2v) is 12.3. The monoisotopic (exact) mass is 582 g/mol. The Kier molecular flexibility index (Phi) is 8.50. The minimum absolute atomic E-state index is 0.129. The predicted octanol–water partition coefficient (Wildman–Crippen LogP) is 7.37. The Morgan fingerprint density at radius 1 is 1.23 bits per heavy atom. The highest BCUT2D eigenvalue weighted by atomic mass is 32.1. The van der Waals surface area contributed by atoms with E-state index in [0.717, 1.165) is 59.9 Å². The summed E-state index contributed by atoms with van der Waals surface area (Å²) in [6.45, 7) is 8.21. The highest BCUT2D eigenvalue weighted by Gasteiger charge is 2.42. The van der Waals surface area contributed by atoms with Gasteiger partial charge in [0, 0.05) is 37.8 Å². The van der Waals surface area contributed by atoms with Crippen molar-refractivity contribution in [2.45, 2.75) is 50.2 Å². The number of benzene rings is 2. The Balaban J connectivity index is 1.47. The van der Waals surface area contributed by atoms with Crippen molar-refractivity contribution in [1.82, 2.24) is 4.90 Å². The third-order valence-corrected chi connectivity index (χ3v) is 9.29. The quantitative estimate of drug-likeness (QED) is 0.194. The molecule has 2 heterocycles. The number of carbonyl (C=O) groups is 1. The van der Waals surface area contributed by atoms with Crippen LogP contribution >= 0.6 is 20.6 Å². The van der Waals surface area contributed by atoms with Crippen molar-refractivity contribution in [3.05, 3.63) is 82.9 Å². The molecule has 5 rings (SSSR count). The van der Waals surface area contributed by atoms with Gasteiger partial charge in [-0.3, -0.25) is 0 Å². The van der Waals surface area contributed by atoms with Crippen LogP contribution in [0.5, 0.6) is 11.5 Å². The lowest BCUT2D eigenvalue weighted by atomic mass is 10.1. The van der Waals surface area contributed by atoms with Gasteiger partial charge >= 0.3 is 5.97 Å². The number of hydrogen-bond acceptors (Lipinski definition) is 7. The van der Waals surface area contributed by atoms with Crippen LogP contribution in [0.4, 0.5) is 15.1 Å². The van der Waals surface area contributed by atoms with E-state index in [1.165, 1.54) is 18.4 Å². The fourth-order valence-electron chi connectivity index (χ4n) is 5.45. The van der Waals surface area contributed by atoms with E-state index >= 15 is 4.39 Å². The van der Waals surface area contributed by atoms with Gasteiger partial charge in [0.05, 0.1) is 12.8 Å². The average molecular weight is 583 g/mol. The molecule has 1 aromatic heterocycles. The van der Waals surface area contributed by atoms with E-state index in [4.69, 9.17) is 14.2 Å². The number of ether oxygens (including phenoxy) is 3. The molecule has 0 amide bonds. The third-order valence-electron chi connectivity index (χ3n) is 7.65. The number of esters is 1. The minimum atomic E-state index is -1.59. The third kappa shape index (κ3) is 5.76. The smallest absolute Gasteiger partial charge is 0.351 e. The van der Waals surface area contributed by atoms with Crippen molar-refractivity contribution >= 4 is 37.2 Å². The van der Waals surface area contributed by atoms with Crippen LogP contribution in [-0.2, 0) is 16.6 Å². The van der Waals surface area contributed by atoms with Crippen molar-refractivity contribution in [3.63, 3.8) is 0 Å². The average Bonchev–Trinajstić information content (AvgIpc) is 3.48. The number of methoxy groups -OCH3 is 1. The van der Waals surface area contributed by atoms with Crippen LogP contribution in [0.1, 0.15) is 58.7 Å². The van der Waals surface area contributed by atoms with E-state index in [1.54, 1.807) is 12.3 Å². The summed E-state index contributed by atoms with van der Waals surface area (Å²) < 4.78 is 33.2. The maximum Gasteiger partial charge on any atom is 0.351 e. The number of thiophene rings is 1. The molecule has 212 valence electrons. The SMILES string of the molecule is C=CN(c1cc(OC2CC(F)(P)c3ccccc32)c(C(=O)OC)s1)c1cc(OC2CCN(C)CC2)ccc1CC. The van der Waals surface area contributed by atoms with Gasteiger partial charge in [-0.1, -0.05) is 53.1 Å². The molecule has 3 atom stereocenters. The normalized spacial score (nSPS) is 21.1. The molecule has 3 unspecified atom stereocenters. The van der Waals surface area contributed by atoms with Gasteiger partial charge in [0.15, 0.2) is 10.3 Å². The van der Waals surface area contributed by atoms with E-state index < -0.39 is 17.5 Å². The first-order valence-electron chi connectivity index (χ1n) is 13.6. The summed E-state index contributed by atoms with van der Waals surface area (Å²) in [5.41, 5.74) is 3.39. The van der Waals surface area contributed by atoms with Crippen molar-refractivity contribution in [1.29, 1.82) is 0 Å². The lowest BCUT2D eigenvalue weighted by molar-refractivity contribution is 0.0598. The molecule has 0 bridgehead atoms. The zero-order valence-electron chi connectivity index (χ0n) is 23.2. The highest BCUT2D eigenvalue weighted by Crippen LogP contribution is 2.53. The second-order valence-electron chi connectivity index (χ2n) is 10.3. The van der Waals surface area contributed by atoms with E-state index in [1.807, 2.05) is 41.3 Å². The number of piperidine rings is 1. The molecule has 2 aliphatic rings. The number of likely N-dealkylation sites (tertiary alicyclic amines) is 1. The number of hydrogen-bond donors (Lipinski definition) is 0. The lowest BCUT2D eigenvalue weighted by Gasteiger charge is -2.30. The fourth-order valence-corrected chi connectivity index (χ4v) is 6.95. The number of nitrogens with zero attached hydrogens (tertiary/aromatic N) is 2. The molecule has 1 aliphatic carbocycles. The van der Waals surface area contributed by atoms with Crippen LogP contribution < -0.4 is 14.4 Å². The van der Waals surface area contributed by atoms with Crippen LogP contribution in [0, 0.1) is 0 Å². The van der Waals surface area contributed by atoms with E-state index in [2.05, 4.69) is 40.8 Å². The Labute approximate surface area is 241 Å². The topological polar surface area (TPSA) is 51.2 Å². The predicted molar refractivity (Wildman–Crippen MR) is 162 cm³/mol. The zero-order chi connectivity index (χ0) is 28.4. The number of rotatable bonds is 9. The molecule has 0 saturated carbocycles. The number of fused-ring (bicyclic) bond motifs is 1. The van der Waals surface area contributed by atoms with Gasteiger partial charge in [-0.25, -0.2) is 9.18 Å². The maximum atomic E-state index is 15.4. The first-order valence-corrected chi connectivity index (χ1v) is 15.0. The fraction of sp³-hybridized carbons (Fsp3) is 0.387. The summed E-state index contributed by atoms with van der Waals surface area (Å²) >= 11 is 1.26. The van der Waals surface area contributed by atoms with Crippen LogP contribution in [-0.4, -0.2) is 44.2 Å². The highest BCUT2D eigenvalue weighted by molar-refractivity contribution is 7.18. The maximum absolute atomic E-state index is 15.4. The van der Waals surface area contributed by atoms with Crippen molar-refractivity contribution in [3.8, 4) is 11.5 Å². The largest absolute Gasteiger partial charge is 0.490 e. The van der Waals surface area contributed by atoms with Gasteiger partial charge in [0.2, 0.25) is 0 Å². The van der Waals surface area contributed by atoms with E-state index in [0.29, 0.717) is 16.2 Å². The second kappa shape index (κ2) is 11.9. The van der Waals surface area contributed by atoms with Gasteiger partial charge in [-0.15, -0.1) is 11.3 Å². The Hall–Kier alpha value is -2.93. The van der Waals surface area contributed by atoms with Gasteiger partial charge in [0.1, 0.15) is 28.7 Å². The molecule has 1 aliphatic heterocycles. The molecule has 3 aromatic rings. The van der Waals surface area contributed by atoms with Gasteiger partial charge in [-0.2, -0.15) is 0 Å². The molecule has 0 spiro atoms. The summed E-state index contributed by atoms with van der Waals surface area (Å²) in [7, 11) is 5.78. The minimum Gasteiger partial charge on any atom is -0.490 e. The molecule has 9 heteroatoms. The summed E-state index contributed by atoms with van der Waals surface area (Å²) in [5.74, 6) is 0.657. The van der Waals surface area contributed by atoms with Crippen molar-refractivity contribution in [2.24, 2.45) is 0 Å². The molecule has 40 heavy (non-hydrogen) atoms. The Bertz CT molecular complexity index is 1390. The number of halogens is 1. The molecule has 1 saturated heterocycles. The number of anilines is 2. The lowest BCUT2D eigenvalue weighted by Crippen LogP contribution is -2.35. The molecule has 1 fully saturated rings. The van der Waals surface area contributed by atoms with E-state index in [-0.39, 0.29) is 12.5 Å². The molecule has 0 N–H and O–H groups in total. The zero-order valence-corrected chi connectivity index (χ0v) is 25.2. The van der Waals surface area contributed by atoms with Gasteiger partial charge in [0.25, 0.3) is 0 Å². The van der Waals surface area contributed by atoms with Crippen molar-refractivity contribution < 1.29 is 23.4 Å². The van der Waals surface area contributed by atoms with Crippen LogP contribution in [0.25, 0.3) is 0 Å². The molecule has 6 nitrogen and oxygen atoms in total. The number of carbonyl (C=O) groups excluding carboxylic acids is 1. The van der Waals surface area contributed by atoms with E-state index in [9.17, 15) is 4.79 Å². The molecular weight excluding hydrogens is 546 g/mol. The van der Waals surface area contributed by atoms with Crippen molar-refractivity contribution in [2.75, 3.05) is 32.1 Å². The molecule has 2 aromatic carbocycles. The molecule has 0 radical (unpaired) electrons. The molecular formula is C31H36FN2O4PS. The summed E-state index contributed by atoms with van der Waals surface area (Å²) in [6, 6.07) is 15.3. The van der Waals surface area contributed by atoms with Gasteiger partial charge < -0.3 is 24.0 Å². The summed E-state index contributed by atoms with van der Waals surface area (Å²) in [4.78, 5) is 17.4. The van der Waals surface area contributed by atoms with Gasteiger partial charge in [-0.05, 0) is 49.1 Å². The Morgan fingerprint density at radius 3 is 2.67 bits per heavy atom. The number of alkyl halides is 1. The Morgan fingerprint density at radius 2 is 1.98 bits per heavy atom. The standard InChI is InChI=1S/C31H36FN2O4PS/c1-5-20-11-12-22(37-21-13-15-33(3)16-14-21)17-25(20)34(6-2)28-18-26(29(40-28)30(35)36-4)38-27-19-31(32,39)24-10-8-7-9-23(24)27/h6-12,17-18,21,27H,2,5,13-16,19,39H2,1,3-4H3. The van der Waals surface area contributed by atoms with Crippen LogP contribution in [0.3, 0.4) is 0 Å². The van der Waals surface area contributed by atoms with Crippen LogP contribution in [0.15, 0.2) is 61.3 Å². The summed E-state index contributed by atoms with van der Waals surface area (Å²) in [6.07, 6.45) is 4.27. The first-order chi connectivity index (χ1) is 19.2. The first kappa shape index (κ1) is 28.6. The summed E-state index contributed by atoms with van der Waals surface area (Å²) in [5, 5.41) is -0.858. The van der Waals surface area contributed by atoms with Crippen LogP contribution in [0.2, 0.25) is 0 Å². The number of aryl methyl sites for hydroxylation is 1.